The Morgan fingerprint density at radius 1 is 1.10 bits per heavy atom. The number of methoxy groups -OCH3 is 1. The van der Waals surface area contributed by atoms with Crippen LogP contribution in [0.15, 0.2) is 48.5 Å². The van der Waals surface area contributed by atoms with Gasteiger partial charge >= 0.3 is 0 Å². The highest BCUT2D eigenvalue weighted by Crippen LogP contribution is 2.30. The van der Waals surface area contributed by atoms with Crippen molar-refractivity contribution in [3.63, 3.8) is 0 Å². The van der Waals surface area contributed by atoms with Crippen molar-refractivity contribution in [2.45, 2.75) is 45.6 Å². The first-order valence-electron chi connectivity index (χ1n) is 10.4. The summed E-state index contributed by atoms with van der Waals surface area (Å²) in [6.45, 7) is 4.72. The van der Waals surface area contributed by atoms with E-state index in [1.807, 2.05) is 62.4 Å². The van der Waals surface area contributed by atoms with E-state index < -0.39 is 6.04 Å². The van der Waals surface area contributed by atoms with Gasteiger partial charge in [-0.15, -0.1) is 0 Å². The molecule has 0 spiro atoms. The second-order valence-electron chi connectivity index (χ2n) is 7.47. The van der Waals surface area contributed by atoms with Crippen LogP contribution in [0.1, 0.15) is 39.5 Å². The average Bonchev–Trinajstić information content (AvgIpc) is 3.25. The van der Waals surface area contributed by atoms with E-state index in [4.69, 9.17) is 4.74 Å². The molecule has 3 rings (SSSR count). The topological polar surface area (TPSA) is 58.6 Å². The molecule has 1 aliphatic heterocycles. The lowest BCUT2D eigenvalue weighted by Gasteiger charge is -2.27. The molecule has 1 atom stereocenters. The van der Waals surface area contributed by atoms with Crippen molar-refractivity contribution in [2.24, 2.45) is 5.92 Å². The molecule has 5 nitrogen and oxygen atoms in total. The summed E-state index contributed by atoms with van der Waals surface area (Å²) in [5.74, 6) is 0.783. The van der Waals surface area contributed by atoms with Gasteiger partial charge < -0.3 is 15.0 Å². The summed E-state index contributed by atoms with van der Waals surface area (Å²) >= 11 is 0. The second kappa shape index (κ2) is 9.59. The molecule has 29 heavy (non-hydrogen) atoms. The number of likely N-dealkylation sites (tertiary alicyclic amines) is 1. The number of hydrogen-bond acceptors (Lipinski definition) is 3. The molecule has 1 N–H and O–H groups in total. The molecule has 0 unspecified atom stereocenters. The summed E-state index contributed by atoms with van der Waals surface area (Å²) in [5, 5.41) is 3.08. The number of para-hydroxylation sites is 1. The Morgan fingerprint density at radius 3 is 2.45 bits per heavy atom. The summed E-state index contributed by atoms with van der Waals surface area (Å²) < 4.78 is 5.23. The molecule has 2 amide bonds. The van der Waals surface area contributed by atoms with Gasteiger partial charge in [0.2, 0.25) is 11.8 Å². The fraction of sp³-hybridized carbons (Fsp3) is 0.417. The highest BCUT2D eigenvalue weighted by molar-refractivity contribution is 6.00. The summed E-state index contributed by atoms with van der Waals surface area (Å²) in [5.41, 5.74) is 2.70. The van der Waals surface area contributed by atoms with Crippen LogP contribution in [0.3, 0.4) is 0 Å². The van der Waals surface area contributed by atoms with E-state index in [2.05, 4.69) is 5.32 Å². The van der Waals surface area contributed by atoms with E-state index in [0.29, 0.717) is 13.0 Å². The standard InChI is InChI=1S/C24H30N2O3/c1-4-17(5-2)24(28)26-16-8-11-22(26)23(27)25-21-10-7-6-9-20(21)18-12-14-19(29-3)15-13-18/h6-7,9-10,12-15,17,22H,4-5,8,11,16H2,1-3H3,(H,25,27)/t22-/m1/s1. The Hall–Kier alpha value is -2.82. The number of nitrogens with one attached hydrogen (secondary N) is 1. The summed E-state index contributed by atoms with van der Waals surface area (Å²) in [6.07, 6.45) is 3.19. The van der Waals surface area contributed by atoms with E-state index in [1.54, 1.807) is 12.0 Å². The fourth-order valence-electron chi connectivity index (χ4n) is 4.01. The predicted molar refractivity (Wildman–Crippen MR) is 116 cm³/mol. The van der Waals surface area contributed by atoms with Crippen LogP contribution in [-0.2, 0) is 9.59 Å². The molecule has 0 aromatic heterocycles. The van der Waals surface area contributed by atoms with Crippen molar-refractivity contribution in [1.29, 1.82) is 0 Å². The number of rotatable bonds is 7. The van der Waals surface area contributed by atoms with Crippen LogP contribution >= 0.6 is 0 Å². The zero-order valence-corrected chi connectivity index (χ0v) is 17.5. The molecule has 0 bridgehead atoms. The molecular formula is C24H30N2O3. The lowest BCUT2D eigenvalue weighted by Crippen LogP contribution is -2.45. The number of benzene rings is 2. The monoisotopic (exact) mass is 394 g/mol. The third-order valence-corrected chi connectivity index (χ3v) is 5.76. The zero-order valence-electron chi connectivity index (χ0n) is 17.5. The first-order valence-corrected chi connectivity index (χ1v) is 10.4. The van der Waals surface area contributed by atoms with Gasteiger partial charge in [0.15, 0.2) is 0 Å². The molecule has 1 fully saturated rings. The number of anilines is 1. The van der Waals surface area contributed by atoms with Gasteiger partial charge in [-0.1, -0.05) is 44.2 Å². The molecule has 2 aromatic rings. The van der Waals surface area contributed by atoms with Crippen molar-refractivity contribution in [1.82, 2.24) is 4.90 Å². The molecule has 5 heteroatoms. The van der Waals surface area contributed by atoms with E-state index in [-0.39, 0.29) is 17.7 Å². The van der Waals surface area contributed by atoms with Crippen LogP contribution in [0.5, 0.6) is 5.75 Å². The zero-order chi connectivity index (χ0) is 20.8. The third kappa shape index (κ3) is 4.61. The Labute approximate surface area is 173 Å². The Kier molecular flexibility index (Phi) is 6.91. The fourth-order valence-corrected chi connectivity index (χ4v) is 4.01. The van der Waals surface area contributed by atoms with Crippen molar-refractivity contribution in [3.8, 4) is 16.9 Å². The van der Waals surface area contributed by atoms with Crippen molar-refractivity contribution in [3.05, 3.63) is 48.5 Å². The first-order chi connectivity index (χ1) is 14.1. The highest BCUT2D eigenvalue weighted by atomic mass is 16.5. The Balaban J connectivity index is 1.79. The van der Waals surface area contributed by atoms with E-state index in [1.165, 1.54) is 0 Å². The molecule has 0 saturated carbocycles. The third-order valence-electron chi connectivity index (χ3n) is 5.76. The first kappa shape index (κ1) is 20.9. The summed E-state index contributed by atoms with van der Waals surface area (Å²) in [7, 11) is 1.64. The van der Waals surface area contributed by atoms with Gasteiger partial charge in [0, 0.05) is 23.7 Å². The predicted octanol–water partition coefficient (Wildman–Crippen LogP) is 4.73. The van der Waals surface area contributed by atoms with Gasteiger partial charge in [-0.3, -0.25) is 9.59 Å². The maximum Gasteiger partial charge on any atom is 0.247 e. The van der Waals surface area contributed by atoms with Crippen molar-refractivity contribution in [2.75, 3.05) is 19.0 Å². The lowest BCUT2D eigenvalue weighted by atomic mass is 10.0. The number of ether oxygens (including phenoxy) is 1. The van der Waals surface area contributed by atoms with Gasteiger partial charge in [-0.2, -0.15) is 0 Å². The Morgan fingerprint density at radius 2 is 1.79 bits per heavy atom. The van der Waals surface area contributed by atoms with Crippen LogP contribution < -0.4 is 10.1 Å². The van der Waals surface area contributed by atoms with Gasteiger partial charge in [0.1, 0.15) is 11.8 Å². The number of amides is 2. The largest absolute Gasteiger partial charge is 0.497 e. The smallest absolute Gasteiger partial charge is 0.247 e. The minimum Gasteiger partial charge on any atom is -0.497 e. The van der Waals surface area contributed by atoms with Crippen LogP contribution in [0, 0.1) is 5.92 Å². The van der Waals surface area contributed by atoms with Crippen LogP contribution in [-0.4, -0.2) is 36.4 Å². The van der Waals surface area contributed by atoms with Crippen LogP contribution in [0.25, 0.3) is 11.1 Å². The molecule has 1 saturated heterocycles. The maximum atomic E-state index is 13.1. The number of nitrogens with zero attached hydrogens (tertiary/aromatic N) is 1. The van der Waals surface area contributed by atoms with Crippen molar-refractivity contribution >= 4 is 17.5 Å². The molecule has 0 aliphatic carbocycles. The normalized spacial score (nSPS) is 16.1. The second-order valence-corrected chi connectivity index (χ2v) is 7.47. The molecule has 2 aromatic carbocycles. The SMILES string of the molecule is CCC(CC)C(=O)N1CCC[C@@H]1C(=O)Nc1ccccc1-c1ccc(OC)cc1. The minimum atomic E-state index is -0.396. The van der Waals surface area contributed by atoms with E-state index in [9.17, 15) is 9.59 Å². The van der Waals surface area contributed by atoms with Gasteiger partial charge in [-0.25, -0.2) is 0 Å². The van der Waals surface area contributed by atoms with Gasteiger partial charge in [0.05, 0.1) is 7.11 Å². The molecule has 154 valence electrons. The molecule has 1 heterocycles. The summed E-state index contributed by atoms with van der Waals surface area (Å²) in [6, 6.07) is 15.1. The maximum absolute atomic E-state index is 13.1. The number of hydrogen-bond donors (Lipinski definition) is 1. The van der Waals surface area contributed by atoms with E-state index in [0.717, 1.165) is 41.8 Å². The van der Waals surface area contributed by atoms with E-state index >= 15 is 0 Å². The van der Waals surface area contributed by atoms with Crippen LogP contribution in [0.4, 0.5) is 5.69 Å². The number of carbonyl (C=O) groups is 2. The average molecular weight is 395 g/mol. The van der Waals surface area contributed by atoms with Crippen molar-refractivity contribution < 1.29 is 14.3 Å². The van der Waals surface area contributed by atoms with Gasteiger partial charge in [0.25, 0.3) is 0 Å². The number of carbonyl (C=O) groups excluding carboxylic acids is 2. The summed E-state index contributed by atoms with van der Waals surface area (Å²) in [4.78, 5) is 27.7. The highest BCUT2D eigenvalue weighted by Gasteiger charge is 2.36. The molecular weight excluding hydrogens is 364 g/mol. The van der Waals surface area contributed by atoms with Gasteiger partial charge in [-0.05, 0) is 49.4 Å². The lowest BCUT2D eigenvalue weighted by molar-refractivity contribution is -0.140. The minimum absolute atomic E-state index is 0.00464. The Bertz CT molecular complexity index is 843. The molecule has 1 aliphatic rings. The quantitative estimate of drug-likeness (QED) is 0.739. The molecule has 0 radical (unpaired) electrons. The van der Waals surface area contributed by atoms with Crippen LogP contribution in [0.2, 0.25) is 0 Å².